The van der Waals surface area contributed by atoms with E-state index in [1.54, 1.807) is 19.9 Å². The van der Waals surface area contributed by atoms with Crippen molar-refractivity contribution in [1.29, 1.82) is 0 Å². The van der Waals surface area contributed by atoms with Crippen LogP contribution in [-0.4, -0.2) is 13.7 Å². The van der Waals surface area contributed by atoms with Crippen molar-refractivity contribution in [3.05, 3.63) is 64.5 Å². The number of hydrogen-bond acceptors (Lipinski definition) is 4. The van der Waals surface area contributed by atoms with Crippen LogP contribution in [0.15, 0.2) is 42.2 Å². The molecule has 24 heavy (non-hydrogen) atoms. The monoisotopic (exact) mass is 344 g/mol. The zero-order valence-electron chi connectivity index (χ0n) is 14.3. The summed E-state index contributed by atoms with van der Waals surface area (Å²) in [5.74, 6) is 3.01. The smallest absolute Gasteiger partial charge is 0.404 e. The van der Waals surface area contributed by atoms with E-state index < -0.39 is 7.60 Å². The fourth-order valence-electron chi connectivity index (χ4n) is 2.96. The lowest BCUT2D eigenvalue weighted by molar-refractivity contribution is 0.287. The van der Waals surface area contributed by atoms with E-state index in [2.05, 4.69) is 6.07 Å². The van der Waals surface area contributed by atoms with E-state index in [1.807, 2.05) is 44.2 Å². The van der Waals surface area contributed by atoms with Gasteiger partial charge in [0.15, 0.2) is 0 Å². The van der Waals surface area contributed by atoms with E-state index in [0.29, 0.717) is 12.4 Å². The van der Waals surface area contributed by atoms with Gasteiger partial charge >= 0.3 is 7.60 Å². The molecule has 1 heterocycles. The van der Waals surface area contributed by atoms with Gasteiger partial charge in [-0.15, -0.1) is 0 Å². The number of benzene rings is 2. The lowest BCUT2D eigenvalue weighted by atomic mass is 9.93. The van der Waals surface area contributed by atoms with Crippen molar-refractivity contribution in [1.82, 2.24) is 0 Å². The number of rotatable bonds is 4. The third-order valence-electron chi connectivity index (χ3n) is 3.94. The average Bonchev–Trinajstić information content (AvgIpc) is 2.53. The summed E-state index contributed by atoms with van der Waals surface area (Å²) in [6.07, 6.45) is 0. The molecule has 0 amide bonds. The summed E-state index contributed by atoms with van der Waals surface area (Å²) in [5, 5.41) is 0. The fraction of sp³-hybridized carbons (Fsp3) is 0.263. The maximum Gasteiger partial charge on any atom is 0.404 e. The lowest BCUT2D eigenvalue weighted by Crippen LogP contribution is -2.07. The fourth-order valence-corrected chi connectivity index (χ4v) is 4.52. The van der Waals surface area contributed by atoms with Gasteiger partial charge in [-0.1, -0.05) is 18.2 Å². The molecule has 126 valence electrons. The highest BCUT2D eigenvalue weighted by atomic mass is 31.2. The molecule has 1 aliphatic rings. The molecule has 4 nitrogen and oxygen atoms in total. The quantitative estimate of drug-likeness (QED) is 0.704. The van der Waals surface area contributed by atoms with E-state index in [9.17, 15) is 4.57 Å². The third kappa shape index (κ3) is 3.12. The maximum absolute atomic E-state index is 13.0. The molecular weight excluding hydrogens is 323 g/mol. The molecule has 0 aromatic heterocycles. The van der Waals surface area contributed by atoms with Crippen molar-refractivity contribution in [3.63, 3.8) is 0 Å². The first-order chi connectivity index (χ1) is 11.5. The van der Waals surface area contributed by atoms with Gasteiger partial charge in [-0.3, -0.25) is 4.52 Å². The average molecular weight is 344 g/mol. The van der Waals surface area contributed by atoms with Crippen LogP contribution in [0.4, 0.5) is 0 Å². The van der Waals surface area contributed by atoms with Crippen LogP contribution in [0.1, 0.15) is 29.2 Å². The van der Waals surface area contributed by atoms with Crippen LogP contribution in [0.3, 0.4) is 0 Å². The van der Waals surface area contributed by atoms with Crippen molar-refractivity contribution in [2.75, 3.05) is 13.7 Å². The molecule has 0 saturated carbocycles. The Hall–Kier alpha value is -2.03. The zero-order valence-corrected chi connectivity index (χ0v) is 15.2. The van der Waals surface area contributed by atoms with Crippen molar-refractivity contribution in [2.45, 2.75) is 20.8 Å². The van der Waals surface area contributed by atoms with Crippen LogP contribution in [-0.2, 0) is 9.09 Å². The second kappa shape index (κ2) is 6.46. The van der Waals surface area contributed by atoms with Crippen LogP contribution in [0, 0.1) is 13.8 Å². The summed E-state index contributed by atoms with van der Waals surface area (Å²) in [7, 11) is -1.69. The van der Waals surface area contributed by atoms with Crippen molar-refractivity contribution in [2.24, 2.45) is 0 Å². The Morgan fingerprint density at radius 3 is 2.46 bits per heavy atom. The Labute approximate surface area is 142 Å². The topological polar surface area (TPSA) is 44.8 Å². The van der Waals surface area contributed by atoms with Crippen molar-refractivity contribution < 1.29 is 18.3 Å². The molecule has 0 N–H and O–H groups in total. The Morgan fingerprint density at radius 2 is 1.83 bits per heavy atom. The van der Waals surface area contributed by atoms with Crippen LogP contribution in [0.2, 0.25) is 0 Å². The van der Waals surface area contributed by atoms with Gasteiger partial charge < -0.3 is 9.26 Å². The zero-order chi connectivity index (χ0) is 17.3. The molecule has 2 aromatic rings. The summed E-state index contributed by atoms with van der Waals surface area (Å²) in [4.78, 5) is 0. The molecule has 0 radical (unpaired) electrons. The molecular formula is C19H21O4P. The number of methoxy groups -OCH3 is 1. The van der Waals surface area contributed by atoms with Gasteiger partial charge in [0.2, 0.25) is 0 Å². The first kappa shape index (κ1) is 16.8. The highest BCUT2D eigenvalue weighted by Crippen LogP contribution is 2.58. The van der Waals surface area contributed by atoms with Gasteiger partial charge in [-0.2, -0.15) is 0 Å². The molecule has 0 bridgehead atoms. The molecule has 1 aliphatic heterocycles. The summed E-state index contributed by atoms with van der Waals surface area (Å²) in [6, 6.07) is 11.7. The molecule has 1 unspecified atom stereocenters. The largest absolute Gasteiger partial charge is 0.497 e. The van der Waals surface area contributed by atoms with Crippen LogP contribution in [0.5, 0.6) is 11.5 Å². The molecule has 1 atom stereocenters. The molecule has 5 heteroatoms. The van der Waals surface area contributed by atoms with Gasteiger partial charge in [0.05, 0.1) is 13.7 Å². The first-order valence-corrected chi connectivity index (χ1v) is 9.49. The summed E-state index contributed by atoms with van der Waals surface area (Å²) in [6.45, 7) is 6.15. The standard InChI is InChI=1S/C19H21O4P/c1-5-22-24(20)12-17(15-6-8-16(21-4)9-7-15)19-14(3)10-13(2)11-18(19)23-24/h6-12H,5H2,1-4H3. The summed E-state index contributed by atoms with van der Waals surface area (Å²) >= 11 is 0. The Morgan fingerprint density at radius 1 is 1.12 bits per heavy atom. The Balaban J connectivity index is 2.19. The van der Waals surface area contributed by atoms with Crippen molar-refractivity contribution in [3.8, 4) is 11.5 Å². The second-order valence-corrected chi connectivity index (χ2v) is 7.55. The minimum atomic E-state index is -3.32. The Bertz CT molecular complexity index is 837. The van der Waals surface area contributed by atoms with E-state index in [-0.39, 0.29) is 0 Å². The lowest BCUT2D eigenvalue weighted by Gasteiger charge is -2.26. The SMILES string of the molecule is CCOP1(=O)C=C(c2ccc(OC)cc2)c2c(C)cc(C)cc2O1. The number of fused-ring (bicyclic) bond motifs is 1. The first-order valence-electron chi connectivity index (χ1n) is 7.88. The van der Waals surface area contributed by atoms with E-state index in [1.165, 1.54) is 0 Å². The minimum absolute atomic E-state index is 0.323. The van der Waals surface area contributed by atoms with Crippen LogP contribution < -0.4 is 9.26 Å². The second-order valence-electron chi connectivity index (χ2n) is 5.78. The van der Waals surface area contributed by atoms with Crippen molar-refractivity contribution >= 4 is 13.2 Å². The van der Waals surface area contributed by atoms with Crippen LogP contribution in [0.25, 0.3) is 5.57 Å². The summed E-state index contributed by atoms with van der Waals surface area (Å²) in [5.41, 5.74) is 4.91. The van der Waals surface area contributed by atoms with E-state index >= 15 is 0 Å². The molecule has 3 rings (SSSR count). The molecule has 0 aliphatic carbocycles. The normalized spacial score (nSPS) is 19.2. The van der Waals surface area contributed by atoms with E-state index in [0.717, 1.165) is 33.6 Å². The Kier molecular flexibility index (Phi) is 4.53. The number of ether oxygens (including phenoxy) is 1. The molecule has 2 aromatic carbocycles. The van der Waals surface area contributed by atoms with Gasteiger partial charge in [0, 0.05) is 17.0 Å². The molecule has 0 fully saturated rings. The minimum Gasteiger partial charge on any atom is -0.497 e. The predicted molar refractivity (Wildman–Crippen MR) is 95.8 cm³/mol. The highest BCUT2D eigenvalue weighted by Gasteiger charge is 2.32. The summed E-state index contributed by atoms with van der Waals surface area (Å²) < 4.78 is 29.4. The highest BCUT2D eigenvalue weighted by molar-refractivity contribution is 7.58. The maximum atomic E-state index is 13.0. The third-order valence-corrected chi connectivity index (χ3v) is 5.58. The molecule has 0 spiro atoms. The molecule has 0 saturated heterocycles. The van der Waals surface area contributed by atoms with E-state index in [4.69, 9.17) is 13.8 Å². The van der Waals surface area contributed by atoms with Crippen LogP contribution >= 0.6 is 7.60 Å². The predicted octanol–water partition coefficient (Wildman–Crippen LogP) is 5.32. The van der Waals surface area contributed by atoms with Gasteiger partial charge in [-0.25, -0.2) is 4.57 Å². The number of hydrogen-bond donors (Lipinski definition) is 0. The van der Waals surface area contributed by atoms with Gasteiger partial charge in [0.25, 0.3) is 0 Å². The number of aryl methyl sites for hydroxylation is 2. The van der Waals surface area contributed by atoms with Gasteiger partial charge in [0.1, 0.15) is 11.5 Å². The van der Waals surface area contributed by atoms with Gasteiger partial charge in [-0.05, 0) is 55.7 Å².